The number of hydrogen-bond donors (Lipinski definition) is 1. The molecule has 4 heterocycles. The van der Waals surface area contributed by atoms with Crippen molar-refractivity contribution < 1.29 is 19.1 Å². The van der Waals surface area contributed by atoms with Crippen molar-refractivity contribution in [3.63, 3.8) is 0 Å². The third kappa shape index (κ3) is 2.89. The fourth-order valence-corrected chi connectivity index (χ4v) is 7.87. The number of ether oxygens (including phenoxy) is 2. The lowest BCUT2D eigenvalue weighted by Gasteiger charge is -2.36. The van der Waals surface area contributed by atoms with Crippen molar-refractivity contribution in [2.75, 3.05) is 23.7 Å². The first-order chi connectivity index (χ1) is 17.1. The van der Waals surface area contributed by atoms with E-state index in [4.69, 9.17) is 21.1 Å². The molecule has 3 aromatic rings. The van der Waals surface area contributed by atoms with Crippen LogP contribution in [-0.2, 0) is 10.3 Å². The zero-order valence-corrected chi connectivity index (χ0v) is 20.1. The number of amides is 1. The highest BCUT2D eigenvalue weighted by atomic mass is 35.5. The van der Waals surface area contributed by atoms with Crippen LogP contribution in [0.1, 0.15) is 27.4 Å². The topological polar surface area (TPSA) is 67.9 Å². The van der Waals surface area contributed by atoms with Gasteiger partial charge in [0.1, 0.15) is 5.54 Å². The largest absolute Gasteiger partial charge is 0.454 e. The third-order valence-electron chi connectivity index (χ3n) is 7.70. The minimum absolute atomic E-state index is 0.0123. The molecule has 176 valence electrons. The summed E-state index contributed by atoms with van der Waals surface area (Å²) in [4.78, 5) is 30.8. The molecule has 35 heavy (non-hydrogen) atoms. The SMILES string of the molecule is O=C(c1ccc2c(c1)OCO2)C1C(c2cccc(Cl)c2)C2CSCN2[C@@]12C(=O)Nc1ccccc12. The van der Waals surface area contributed by atoms with Crippen molar-refractivity contribution in [2.45, 2.75) is 17.5 Å². The molecule has 4 aliphatic heterocycles. The van der Waals surface area contributed by atoms with Gasteiger partial charge in [-0.25, -0.2) is 0 Å². The lowest BCUT2D eigenvalue weighted by Crippen LogP contribution is -2.52. The molecule has 8 heteroatoms. The Morgan fingerprint density at radius 1 is 1.06 bits per heavy atom. The second-order valence-corrected chi connectivity index (χ2v) is 10.7. The van der Waals surface area contributed by atoms with Gasteiger partial charge in [0.05, 0.1) is 5.92 Å². The van der Waals surface area contributed by atoms with Crippen LogP contribution in [0, 0.1) is 5.92 Å². The van der Waals surface area contributed by atoms with Crippen LogP contribution in [0.4, 0.5) is 5.69 Å². The summed E-state index contributed by atoms with van der Waals surface area (Å²) in [6.45, 7) is 0.133. The Labute approximate surface area is 211 Å². The normalized spacial score (nSPS) is 28.3. The van der Waals surface area contributed by atoms with Crippen molar-refractivity contribution in [1.82, 2.24) is 4.90 Å². The van der Waals surface area contributed by atoms with Crippen LogP contribution in [0.3, 0.4) is 0 Å². The Morgan fingerprint density at radius 2 is 1.91 bits per heavy atom. The molecule has 0 saturated carbocycles. The number of carbonyl (C=O) groups is 2. The van der Waals surface area contributed by atoms with E-state index in [0.717, 1.165) is 22.6 Å². The van der Waals surface area contributed by atoms with Gasteiger partial charge in [0, 0.05) is 45.4 Å². The second-order valence-electron chi connectivity index (χ2n) is 9.29. The van der Waals surface area contributed by atoms with Gasteiger partial charge in [-0.3, -0.25) is 14.5 Å². The van der Waals surface area contributed by atoms with Crippen molar-refractivity contribution in [1.29, 1.82) is 0 Å². The quantitative estimate of drug-likeness (QED) is 0.512. The summed E-state index contributed by atoms with van der Waals surface area (Å²) in [5.41, 5.74) is 2.01. The second kappa shape index (κ2) is 7.75. The number of halogens is 1. The average Bonchev–Trinajstić information content (AvgIpc) is 3.62. The Balaban J connectivity index is 1.47. The van der Waals surface area contributed by atoms with Crippen LogP contribution in [-0.4, -0.2) is 41.1 Å². The predicted octanol–water partition coefficient (Wildman–Crippen LogP) is 4.89. The first-order valence-electron chi connectivity index (χ1n) is 11.5. The third-order valence-corrected chi connectivity index (χ3v) is 8.97. The molecule has 0 aliphatic carbocycles. The lowest BCUT2D eigenvalue weighted by atomic mass is 9.69. The maximum absolute atomic E-state index is 14.5. The molecule has 1 spiro atoms. The zero-order valence-electron chi connectivity index (χ0n) is 18.6. The summed E-state index contributed by atoms with van der Waals surface area (Å²) in [5, 5.41) is 3.71. The number of thioether (sulfide) groups is 1. The molecule has 1 N–H and O–H groups in total. The van der Waals surface area contributed by atoms with E-state index in [1.165, 1.54) is 0 Å². The molecule has 0 bridgehead atoms. The van der Waals surface area contributed by atoms with Gasteiger partial charge in [-0.15, -0.1) is 11.8 Å². The van der Waals surface area contributed by atoms with Crippen LogP contribution in [0.25, 0.3) is 0 Å². The number of hydrogen-bond acceptors (Lipinski definition) is 6. The van der Waals surface area contributed by atoms with E-state index in [1.54, 1.807) is 30.0 Å². The highest BCUT2D eigenvalue weighted by molar-refractivity contribution is 7.99. The Bertz CT molecular complexity index is 1400. The maximum atomic E-state index is 14.5. The van der Waals surface area contributed by atoms with Crippen LogP contribution < -0.4 is 14.8 Å². The van der Waals surface area contributed by atoms with Gasteiger partial charge in [-0.05, 0) is 42.0 Å². The van der Waals surface area contributed by atoms with Crippen LogP contribution in [0.15, 0.2) is 66.7 Å². The van der Waals surface area contributed by atoms with Crippen molar-refractivity contribution in [2.24, 2.45) is 5.92 Å². The molecule has 4 aliphatic rings. The van der Waals surface area contributed by atoms with E-state index in [2.05, 4.69) is 10.2 Å². The smallest absolute Gasteiger partial charge is 0.250 e. The summed E-state index contributed by atoms with van der Waals surface area (Å²) in [6, 6.07) is 20.7. The molecule has 6 nitrogen and oxygen atoms in total. The van der Waals surface area contributed by atoms with E-state index >= 15 is 0 Å². The van der Waals surface area contributed by atoms with E-state index in [0.29, 0.717) is 28.0 Å². The highest BCUT2D eigenvalue weighted by Gasteiger charge is 2.69. The Morgan fingerprint density at radius 3 is 2.80 bits per heavy atom. The predicted molar refractivity (Wildman–Crippen MR) is 134 cm³/mol. The zero-order chi connectivity index (χ0) is 23.7. The number of para-hydroxylation sites is 1. The number of rotatable bonds is 3. The molecule has 3 unspecified atom stereocenters. The number of benzene rings is 3. The first kappa shape index (κ1) is 21.3. The van der Waals surface area contributed by atoms with Gasteiger partial charge in [0.25, 0.3) is 0 Å². The van der Waals surface area contributed by atoms with Crippen molar-refractivity contribution >= 4 is 40.7 Å². The number of anilines is 1. The van der Waals surface area contributed by atoms with Gasteiger partial charge in [0.15, 0.2) is 17.3 Å². The molecule has 4 atom stereocenters. The minimum atomic E-state index is -1.11. The van der Waals surface area contributed by atoms with Gasteiger partial charge in [-0.2, -0.15) is 0 Å². The summed E-state index contributed by atoms with van der Waals surface area (Å²) < 4.78 is 11.0. The molecule has 0 aromatic heterocycles. The lowest BCUT2D eigenvalue weighted by molar-refractivity contribution is -0.127. The van der Waals surface area contributed by atoms with E-state index in [9.17, 15) is 9.59 Å². The Hall–Kier alpha value is -3.00. The monoisotopic (exact) mass is 504 g/mol. The van der Waals surface area contributed by atoms with Gasteiger partial charge >= 0.3 is 0 Å². The fraction of sp³-hybridized carbons (Fsp3) is 0.259. The van der Waals surface area contributed by atoms with E-state index in [-0.39, 0.29) is 30.4 Å². The molecule has 2 fully saturated rings. The van der Waals surface area contributed by atoms with Gasteiger partial charge in [0.2, 0.25) is 12.7 Å². The summed E-state index contributed by atoms with van der Waals surface area (Å²) in [6.07, 6.45) is 0. The van der Waals surface area contributed by atoms with E-state index in [1.807, 2.05) is 48.5 Å². The molecule has 0 radical (unpaired) electrons. The maximum Gasteiger partial charge on any atom is 0.250 e. The van der Waals surface area contributed by atoms with E-state index < -0.39 is 11.5 Å². The van der Waals surface area contributed by atoms with Crippen LogP contribution in [0.5, 0.6) is 11.5 Å². The van der Waals surface area contributed by atoms with Gasteiger partial charge < -0.3 is 14.8 Å². The number of fused-ring (bicyclic) bond motifs is 5. The number of ketones is 1. The number of Topliss-reactive ketones (excluding diaryl/α,β-unsaturated/α-hetero) is 1. The molecular formula is C27H21ClN2O4S. The molecule has 7 rings (SSSR count). The van der Waals surface area contributed by atoms with Gasteiger partial charge in [-0.1, -0.05) is 41.9 Å². The number of nitrogens with one attached hydrogen (secondary N) is 1. The molecule has 1 amide bonds. The number of nitrogens with zero attached hydrogens (tertiary/aromatic N) is 1. The highest BCUT2D eigenvalue weighted by Crippen LogP contribution is 2.61. The molecule has 2 saturated heterocycles. The molecular weight excluding hydrogens is 484 g/mol. The fourth-order valence-electron chi connectivity index (χ4n) is 6.35. The summed E-state index contributed by atoms with van der Waals surface area (Å²) in [7, 11) is 0. The molecule has 3 aromatic carbocycles. The summed E-state index contributed by atoms with van der Waals surface area (Å²) in [5.74, 6) is 1.60. The number of carbonyl (C=O) groups excluding carboxylic acids is 2. The standard InChI is InChI=1S/C27H21ClN2O4S/c28-17-5-3-4-15(10-17)23-20-12-35-13-30(20)27(18-6-1-2-7-19(18)29-26(27)32)24(23)25(31)16-8-9-21-22(11-16)34-14-33-21/h1-11,20,23-24H,12-14H2,(H,29,32)/t20?,23?,24?,27-/m1/s1. The van der Waals surface area contributed by atoms with Crippen LogP contribution in [0.2, 0.25) is 5.02 Å². The van der Waals surface area contributed by atoms with Crippen LogP contribution >= 0.6 is 23.4 Å². The van der Waals surface area contributed by atoms with Crippen molar-refractivity contribution in [3.05, 3.63) is 88.4 Å². The summed E-state index contributed by atoms with van der Waals surface area (Å²) >= 11 is 8.22. The minimum Gasteiger partial charge on any atom is -0.454 e. The average molecular weight is 505 g/mol. The Kier molecular flexibility index (Phi) is 4.72. The van der Waals surface area contributed by atoms with Crippen molar-refractivity contribution in [3.8, 4) is 11.5 Å². The first-order valence-corrected chi connectivity index (χ1v) is 13.1.